The molecular formula is C21H30N4O. The van der Waals surface area contributed by atoms with Gasteiger partial charge in [-0.25, -0.2) is 0 Å². The van der Waals surface area contributed by atoms with E-state index in [1.54, 1.807) is 0 Å². The number of likely N-dealkylation sites (tertiary alicyclic amines) is 1. The third kappa shape index (κ3) is 3.85. The van der Waals surface area contributed by atoms with Crippen LogP contribution in [0.25, 0.3) is 0 Å². The van der Waals surface area contributed by atoms with Crippen molar-refractivity contribution in [2.75, 3.05) is 26.7 Å². The summed E-state index contributed by atoms with van der Waals surface area (Å²) in [5.74, 6) is 0. The van der Waals surface area contributed by atoms with Crippen LogP contribution in [0.3, 0.4) is 0 Å². The van der Waals surface area contributed by atoms with Crippen LogP contribution in [0.2, 0.25) is 0 Å². The number of aromatic nitrogens is 2. The first-order valence-electron chi connectivity index (χ1n) is 9.69. The van der Waals surface area contributed by atoms with E-state index >= 15 is 0 Å². The molecule has 0 N–H and O–H groups in total. The molecule has 0 aliphatic carbocycles. The summed E-state index contributed by atoms with van der Waals surface area (Å²) in [6, 6.07) is 9.07. The fourth-order valence-electron chi connectivity index (χ4n) is 4.37. The summed E-state index contributed by atoms with van der Waals surface area (Å²) in [5, 5.41) is 0. The van der Waals surface area contributed by atoms with Crippen molar-refractivity contribution in [2.45, 2.75) is 44.0 Å². The molecule has 0 saturated carbocycles. The number of aryl methyl sites for hydroxylation is 1. The van der Waals surface area contributed by atoms with Gasteiger partial charge in [0.05, 0.1) is 12.2 Å². The van der Waals surface area contributed by atoms with Crippen LogP contribution in [0.4, 0.5) is 0 Å². The van der Waals surface area contributed by atoms with Crippen molar-refractivity contribution >= 4 is 0 Å². The van der Waals surface area contributed by atoms with Gasteiger partial charge in [-0.2, -0.15) is 0 Å². The molecule has 2 aliphatic rings. The Balaban J connectivity index is 1.29. The molecule has 26 heavy (non-hydrogen) atoms. The van der Waals surface area contributed by atoms with E-state index < -0.39 is 0 Å². The normalized spacial score (nSPS) is 23.1. The van der Waals surface area contributed by atoms with E-state index in [0.29, 0.717) is 6.04 Å². The second-order valence-corrected chi connectivity index (χ2v) is 8.01. The highest BCUT2D eigenvalue weighted by Gasteiger charge is 2.43. The standard InChI is InChI=1S/C21H30N4O/c1-23-11-3-4-19(23)16-25-12-7-21(8-13-25)14-20(17-26-21)24(2)15-18-5-9-22-10-6-18/h3-6,9-11,20H,7-8,12-17H2,1-2H3/t20-/m1/s1. The van der Waals surface area contributed by atoms with E-state index in [2.05, 4.69) is 63.9 Å². The highest BCUT2D eigenvalue weighted by molar-refractivity contribution is 5.10. The van der Waals surface area contributed by atoms with Crippen LogP contribution in [-0.2, 0) is 24.9 Å². The molecular weight excluding hydrogens is 324 g/mol. The van der Waals surface area contributed by atoms with Gasteiger partial charge in [0.2, 0.25) is 0 Å². The number of pyridine rings is 1. The van der Waals surface area contributed by atoms with Crippen LogP contribution in [0, 0.1) is 0 Å². The van der Waals surface area contributed by atoms with Gasteiger partial charge in [0.25, 0.3) is 0 Å². The fraction of sp³-hybridized carbons (Fsp3) is 0.571. The van der Waals surface area contributed by atoms with Gasteiger partial charge >= 0.3 is 0 Å². The third-order valence-electron chi connectivity index (χ3n) is 6.20. The van der Waals surface area contributed by atoms with Gasteiger partial charge in [-0.05, 0) is 56.1 Å². The summed E-state index contributed by atoms with van der Waals surface area (Å²) in [6.07, 6.45) is 9.33. The lowest BCUT2D eigenvalue weighted by Gasteiger charge is -2.39. The summed E-state index contributed by atoms with van der Waals surface area (Å²) in [4.78, 5) is 9.12. The fourth-order valence-corrected chi connectivity index (χ4v) is 4.37. The summed E-state index contributed by atoms with van der Waals surface area (Å²) in [5.41, 5.74) is 2.81. The van der Waals surface area contributed by atoms with Crippen LogP contribution >= 0.6 is 0 Å². The third-order valence-corrected chi connectivity index (χ3v) is 6.20. The lowest BCUT2D eigenvalue weighted by atomic mass is 9.87. The summed E-state index contributed by atoms with van der Waals surface area (Å²) in [6.45, 7) is 5.13. The van der Waals surface area contributed by atoms with Gasteiger partial charge in [-0.3, -0.25) is 14.8 Å². The SMILES string of the molecule is CN(Cc1ccncc1)[C@H]1COC2(CCN(Cc3cccn3C)CC2)C1. The van der Waals surface area contributed by atoms with E-state index in [1.807, 2.05) is 12.4 Å². The Morgan fingerprint density at radius 2 is 2.00 bits per heavy atom. The summed E-state index contributed by atoms with van der Waals surface area (Å²) < 4.78 is 8.60. The lowest BCUT2D eigenvalue weighted by Crippen LogP contribution is -2.44. The van der Waals surface area contributed by atoms with Gasteiger partial charge in [0, 0.05) is 63.6 Å². The van der Waals surface area contributed by atoms with Crippen molar-refractivity contribution in [2.24, 2.45) is 7.05 Å². The second kappa shape index (κ2) is 7.51. The predicted octanol–water partition coefficient (Wildman–Crippen LogP) is 2.68. The van der Waals surface area contributed by atoms with Crippen molar-refractivity contribution in [3.8, 4) is 0 Å². The minimum Gasteiger partial charge on any atom is -0.373 e. The number of likely N-dealkylation sites (N-methyl/N-ethyl adjacent to an activating group) is 1. The first kappa shape index (κ1) is 17.7. The number of nitrogens with zero attached hydrogens (tertiary/aromatic N) is 4. The molecule has 2 aliphatic heterocycles. The van der Waals surface area contributed by atoms with E-state index in [0.717, 1.165) is 52.0 Å². The first-order chi connectivity index (χ1) is 12.6. The zero-order chi connectivity index (χ0) is 18.0. The highest BCUT2D eigenvalue weighted by Crippen LogP contribution is 2.38. The zero-order valence-corrected chi connectivity index (χ0v) is 16.0. The molecule has 140 valence electrons. The number of hydrogen-bond acceptors (Lipinski definition) is 4. The van der Waals surface area contributed by atoms with Crippen molar-refractivity contribution < 1.29 is 4.74 Å². The molecule has 1 atom stereocenters. The summed E-state index contributed by atoms with van der Waals surface area (Å²) >= 11 is 0. The Kier molecular flexibility index (Phi) is 5.11. The van der Waals surface area contributed by atoms with E-state index in [9.17, 15) is 0 Å². The van der Waals surface area contributed by atoms with Gasteiger partial charge in [0.1, 0.15) is 0 Å². The van der Waals surface area contributed by atoms with E-state index in [-0.39, 0.29) is 5.60 Å². The topological polar surface area (TPSA) is 33.5 Å². The van der Waals surface area contributed by atoms with Crippen molar-refractivity contribution in [1.82, 2.24) is 19.4 Å². The second-order valence-electron chi connectivity index (χ2n) is 8.01. The maximum Gasteiger partial charge on any atom is 0.0723 e. The molecule has 0 aromatic carbocycles. The largest absolute Gasteiger partial charge is 0.373 e. The Morgan fingerprint density at radius 1 is 1.23 bits per heavy atom. The average Bonchev–Trinajstić information content (AvgIpc) is 3.25. The van der Waals surface area contributed by atoms with Crippen LogP contribution in [0.5, 0.6) is 0 Å². The van der Waals surface area contributed by atoms with Crippen LogP contribution in [0.1, 0.15) is 30.5 Å². The maximum absolute atomic E-state index is 6.37. The molecule has 2 saturated heterocycles. The molecule has 5 heteroatoms. The van der Waals surface area contributed by atoms with E-state index in [4.69, 9.17) is 4.74 Å². The molecule has 4 heterocycles. The highest BCUT2D eigenvalue weighted by atomic mass is 16.5. The van der Waals surface area contributed by atoms with Crippen LogP contribution < -0.4 is 0 Å². The summed E-state index contributed by atoms with van der Waals surface area (Å²) in [7, 11) is 4.35. The number of rotatable bonds is 5. The number of ether oxygens (including phenoxy) is 1. The molecule has 0 unspecified atom stereocenters. The van der Waals surface area contributed by atoms with Crippen molar-refractivity contribution in [1.29, 1.82) is 0 Å². The number of hydrogen-bond donors (Lipinski definition) is 0. The Labute approximate surface area is 156 Å². The molecule has 0 radical (unpaired) electrons. The van der Waals surface area contributed by atoms with Crippen LogP contribution in [0.15, 0.2) is 42.9 Å². The minimum atomic E-state index is 0.0991. The predicted molar refractivity (Wildman–Crippen MR) is 103 cm³/mol. The minimum absolute atomic E-state index is 0.0991. The molecule has 0 amide bonds. The molecule has 2 fully saturated rings. The Morgan fingerprint density at radius 3 is 2.69 bits per heavy atom. The maximum atomic E-state index is 6.37. The lowest BCUT2D eigenvalue weighted by molar-refractivity contribution is -0.0455. The first-order valence-corrected chi connectivity index (χ1v) is 9.69. The van der Waals surface area contributed by atoms with E-state index in [1.165, 1.54) is 11.3 Å². The number of piperidine rings is 1. The molecule has 4 rings (SSSR count). The molecule has 2 aromatic heterocycles. The molecule has 1 spiro atoms. The van der Waals surface area contributed by atoms with Gasteiger partial charge in [0.15, 0.2) is 0 Å². The zero-order valence-electron chi connectivity index (χ0n) is 16.0. The quantitative estimate of drug-likeness (QED) is 0.827. The van der Waals surface area contributed by atoms with Crippen LogP contribution in [-0.4, -0.2) is 57.7 Å². The molecule has 0 bridgehead atoms. The van der Waals surface area contributed by atoms with Crippen molar-refractivity contribution in [3.05, 3.63) is 54.1 Å². The van der Waals surface area contributed by atoms with Crippen molar-refractivity contribution in [3.63, 3.8) is 0 Å². The Hall–Kier alpha value is -1.69. The average molecular weight is 354 g/mol. The van der Waals surface area contributed by atoms with Gasteiger partial charge < -0.3 is 9.30 Å². The molecule has 2 aromatic rings. The monoisotopic (exact) mass is 354 g/mol. The molecule has 5 nitrogen and oxygen atoms in total. The van der Waals surface area contributed by atoms with Gasteiger partial charge in [-0.1, -0.05) is 0 Å². The Bertz CT molecular complexity index is 706. The van der Waals surface area contributed by atoms with Gasteiger partial charge in [-0.15, -0.1) is 0 Å². The smallest absolute Gasteiger partial charge is 0.0723 e.